The van der Waals surface area contributed by atoms with Gasteiger partial charge in [0.25, 0.3) is 0 Å². The molecule has 1 aromatic heterocycles. The highest BCUT2D eigenvalue weighted by Gasteiger charge is 2.24. The van der Waals surface area contributed by atoms with Gasteiger partial charge in [0.15, 0.2) is 0 Å². The summed E-state index contributed by atoms with van der Waals surface area (Å²) in [5, 5.41) is 5.40. The number of pyridine rings is 1. The third-order valence-electron chi connectivity index (χ3n) is 5.10. The van der Waals surface area contributed by atoms with Crippen molar-refractivity contribution in [2.24, 2.45) is 0 Å². The van der Waals surface area contributed by atoms with Gasteiger partial charge < -0.3 is 20.3 Å². The van der Waals surface area contributed by atoms with Crippen molar-refractivity contribution in [1.29, 1.82) is 0 Å². The number of nitrogens with one attached hydrogen (secondary N) is 2. The lowest BCUT2D eigenvalue weighted by molar-refractivity contribution is -0.139. The van der Waals surface area contributed by atoms with Crippen LogP contribution in [0.4, 0.5) is 5.69 Å². The zero-order valence-corrected chi connectivity index (χ0v) is 17.5. The highest BCUT2D eigenvalue weighted by molar-refractivity contribution is 6.35. The first-order valence-corrected chi connectivity index (χ1v) is 10.1. The molecule has 8 nitrogen and oxygen atoms in total. The van der Waals surface area contributed by atoms with Crippen molar-refractivity contribution in [2.45, 2.75) is 12.6 Å². The van der Waals surface area contributed by atoms with E-state index in [1.54, 1.807) is 18.3 Å². The molecule has 2 aromatic rings. The lowest BCUT2D eigenvalue weighted by atomic mass is 10.0. The number of nitrogens with zero attached hydrogens (tertiary/aromatic N) is 3. The van der Waals surface area contributed by atoms with Gasteiger partial charge in [-0.15, -0.1) is 0 Å². The summed E-state index contributed by atoms with van der Waals surface area (Å²) in [6.07, 6.45) is 1.65. The first-order chi connectivity index (χ1) is 14.5. The molecule has 1 saturated heterocycles. The van der Waals surface area contributed by atoms with Crippen molar-refractivity contribution in [3.63, 3.8) is 0 Å². The molecule has 1 atom stereocenters. The molecule has 0 radical (unpaired) electrons. The number of hydrogen-bond acceptors (Lipinski definition) is 6. The van der Waals surface area contributed by atoms with Gasteiger partial charge in [-0.1, -0.05) is 18.2 Å². The Morgan fingerprint density at radius 2 is 1.77 bits per heavy atom. The van der Waals surface area contributed by atoms with E-state index >= 15 is 0 Å². The molecule has 160 valence electrons. The number of aromatic nitrogens is 1. The van der Waals surface area contributed by atoms with Crippen molar-refractivity contribution in [3.05, 3.63) is 59.9 Å². The molecule has 2 N–H and O–H groups in total. The summed E-state index contributed by atoms with van der Waals surface area (Å²) in [5.74, 6) is -1.31. The van der Waals surface area contributed by atoms with Crippen LogP contribution in [0.15, 0.2) is 48.7 Å². The SMILES string of the molecule is CN(C)c1ccc([C@H](CNC(=O)C(=O)NCc2ccccn2)N2CCOCC2)cc1. The van der Waals surface area contributed by atoms with E-state index in [1.165, 1.54) is 0 Å². The Hall–Kier alpha value is -2.97. The van der Waals surface area contributed by atoms with Gasteiger partial charge >= 0.3 is 11.8 Å². The van der Waals surface area contributed by atoms with Crippen LogP contribution < -0.4 is 15.5 Å². The van der Waals surface area contributed by atoms with Gasteiger partial charge in [-0.25, -0.2) is 0 Å². The van der Waals surface area contributed by atoms with Gasteiger partial charge in [0.2, 0.25) is 0 Å². The summed E-state index contributed by atoms with van der Waals surface area (Å²) in [6.45, 7) is 3.43. The fraction of sp³-hybridized carbons (Fsp3) is 0.409. The second-order valence-corrected chi connectivity index (χ2v) is 7.36. The van der Waals surface area contributed by atoms with Crippen molar-refractivity contribution in [2.75, 3.05) is 51.8 Å². The summed E-state index contributed by atoms with van der Waals surface area (Å²) in [5.41, 5.74) is 2.90. The predicted molar refractivity (Wildman–Crippen MR) is 115 cm³/mol. The maximum Gasteiger partial charge on any atom is 0.309 e. The maximum absolute atomic E-state index is 12.3. The fourth-order valence-corrected chi connectivity index (χ4v) is 3.36. The van der Waals surface area contributed by atoms with Gasteiger partial charge in [0, 0.05) is 45.6 Å². The summed E-state index contributed by atoms with van der Waals surface area (Å²) < 4.78 is 5.47. The molecule has 2 heterocycles. The van der Waals surface area contributed by atoms with E-state index in [4.69, 9.17) is 4.74 Å². The summed E-state index contributed by atoms with van der Waals surface area (Å²) in [4.78, 5) is 33.0. The van der Waals surface area contributed by atoms with Crippen molar-refractivity contribution in [1.82, 2.24) is 20.5 Å². The Morgan fingerprint density at radius 1 is 1.07 bits per heavy atom. The summed E-state index contributed by atoms with van der Waals surface area (Å²) in [6, 6.07) is 13.7. The van der Waals surface area contributed by atoms with Gasteiger partial charge in [0.1, 0.15) is 0 Å². The van der Waals surface area contributed by atoms with E-state index in [2.05, 4.69) is 44.8 Å². The number of rotatable bonds is 7. The average molecular weight is 412 g/mol. The fourth-order valence-electron chi connectivity index (χ4n) is 3.36. The van der Waals surface area contributed by atoms with Gasteiger partial charge in [-0.05, 0) is 29.8 Å². The Balaban J connectivity index is 1.61. The third-order valence-corrected chi connectivity index (χ3v) is 5.10. The van der Waals surface area contributed by atoms with Crippen LogP contribution in [0, 0.1) is 0 Å². The van der Waals surface area contributed by atoms with E-state index in [0.717, 1.165) is 24.3 Å². The number of carbonyl (C=O) groups is 2. The van der Waals surface area contributed by atoms with E-state index in [0.29, 0.717) is 25.5 Å². The number of hydrogen-bond donors (Lipinski definition) is 2. The van der Waals surface area contributed by atoms with Crippen LogP contribution in [0.5, 0.6) is 0 Å². The minimum absolute atomic E-state index is 0.0300. The second kappa shape index (κ2) is 10.7. The van der Waals surface area contributed by atoms with E-state index < -0.39 is 11.8 Å². The number of morpholine rings is 1. The lowest BCUT2D eigenvalue weighted by Crippen LogP contribution is -2.46. The van der Waals surface area contributed by atoms with Crippen LogP contribution in [0.25, 0.3) is 0 Å². The molecule has 1 aliphatic heterocycles. The number of amides is 2. The van der Waals surface area contributed by atoms with Gasteiger partial charge in [0.05, 0.1) is 31.5 Å². The van der Waals surface area contributed by atoms with E-state index in [1.807, 2.05) is 25.1 Å². The Bertz CT molecular complexity index is 820. The zero-order valence-electron chi connectivity index (χ0n) is 17.5. The zero-order chi connectivity index (χ0) is 21.3. The van der Waals surface area contributed by atoms with Crippen molar-refractivity contribution >= 4 is 17.5 Å². The number of carbonyl (C=O) groups excluding carboxylic acids is 2. The molecule has 0 aliphatic carbocycles. The van der Waals surface area contributed by atoms with E-state index in [9.17, 15) is 9.59 Å². The molecule has 0 saturated carbocycles. The highest BCUT2D eigenvalue weighted by Crippen LogP contribution is 2.23. The Kier molecular flexibility index (Phi) is 7.75. The third kappa shape index (κ3) is 6.01. The molecule has 0 unspecified atom stereocenters. The number of ether oxygens (including phenoxy) is 1. The van der Waals surface area contributed by atoms with E-state index in [-0.39, 0.29) is 12.6 Å². The first-order valence-electron chi connectivity index (χ1n) is 10.1. The highest BCUT2D eigenvalue weighted by atomic mass is 16.5. The molecule has 2 amide bonds. The Labute approximate surface area is 177 Å². The molecule has 0 bridgehead atoms. The van der Waals surface area contributed by atoms with Crippen LogP contribution in [0.1, 0.15) is 17.3 Å². The van der Waals surface area contributed by atoms with Crippen LogP contribution in [-0.2, 0) is 20.9 Å². The minimum atomic E-state index is -0.663. The van der Waals surface area contributed by atoms with Gasteiger partial charge in [-0.3, -0.25) is 19.5 Å². The predicted octanol–water partition coefficient (Wildman–Crippen LogP) is 0.954. The van der Waals surface area contributed by atoms with Gasteiger partial charge in [-0.2, -0.15) is 0 Å². The Morgan fingerprint density at radius 3 is 2.40 bits per heavy atom. The smallest absolute Gasteiger partial charge is 0.309 e. The van der Waals surface area contributed by atoms with Crippen LogP contribution >= 0.6 is 0 Å². The average Bonchev–Trinajstić information content (AvgIpc) is 2.79. The minimum Gasteiger partial charge on any atom is -0.379 e. The standard InChI is InChI=1S/C22H29N5O3/c1-26(2)19-8-6-17(7-9-19)20(27-11-13-30-14-12-27)16-25-22(29)21(28)24-15-18-5-3-4-10-23-18/h3-10,20H,11-16H2,1-2H3,(H,24,28)(H,25,29)/t20-/m0/s1. The van der Waals surface area contributed by atoms with Crippen molar-refractivity contribution in [3.8, 4) is 0 Å². The number of anilines is 1. The lowest BCUT2D eigenvalue weighted by Gasteiger charge is -2.35. The molecule has 1 aliphatic rings. The molecule has 30 heavy (non-hydrogen) atoms. The van der Waals surface area contributed by atoms with Crippen molar-refractivity contribution < 1.29 is 14.3 Å². The van der Waals surface area contributed by atoms with Crippen LogP contribution in [0.3, 0.4) is 0 Å². The molecule has 1 fully saturated rings. The van der Waals surface area contributed by atoms with Crippen LogP contribution in [0.2, 0.25) is 0 Å². The molecule has 8 heteroatoms. The maximum atomic E-state index is 12.3. The topological polar surface area (TPSA) is 86.8 Å². The monoisotopic (exact) mass is 411 g/mol. The molecule has 0 spiro atoms. The molecule has 3 rings (SSSR count). The molecular formula is C22H29N5O3. The largest absolute Gasteiger partial charge is 0.379 e. The number of benzene rings is 1. The quantitative estimate of drug-likeness (QED) is 0.660. The molecular weight excluding hydrogens is 382 g/mol. The first kappa shape index (κ1) is 21.7. The summed E-state index contributed by atoms with van der Waals surface area (Å²) in [7, 11) is 4.00. The normalized spacial score (nSPS) is 15.3. The second-order valence-electron chi connectivity index (χ2n) is 7.36. The summed E-state index contributed by atoms with van der Waals surface area (Å²) >= 11 is 0. The molecule has 1 aromatic carbocycles. The van der Waals surface area contributed by atoms with Crippen LogP contribution in [-0.4, -0.2) is 68.6 Å².